The molecule has 0 aromatic carbocycles. The second kappa shape index (κ2) is 6.19. The first-order chi connectivity index (χ1) is 8.96. The van der Waals surface area contributed by atoms with Crippen LogP contribution in [0.25, 0.3) is 0 Å². The molecule has 6 nitrogen and oxygen atoms in total. The van der Waals surface area contributed by atoms with Gasteiger partial charge in [-0.1, -0.05) is 0 Å². The lowest BCUT2D eigenvalue weighted by Gasteiger charge is -2.34. The van der Waals surface area contributed by atoms with Crippen LogP contribution in [-0.2, 0) is 14.8 Å². The van der Waals surface area contributed by atoms with Crippen molar-refractivity contribution in [2.45, 2.75) is 31.7 Å². The number of nitrogens with one attached hydrogen (secondary N) is 2. The van der Waals surface area contributed by atoms with Crippen LogP contribution < -0.4 is 10.0 Å². The predicted octanol–water partition coefficient (Wildman–Crippen LogP) is -0.474. The van der Waals surface area contributed by atoms with Crippen molar-refractivity contribution in [3.05, 3.63) is 0 Å². The molecule has 2 fully saturated rings. The van der Waals surface area contributed by atoms with Gasteiger partial charge in [0.05, 0.1) is 12.3 Å². The molecule has 0 radical (unpaired) electrons. The summed E-state index contributed by atoms with van der Waals surface area (Å²) in [6.45, 7) is 2.82. The summed E-state index contributed by atoms with van der Waals surface area (Å²) >= 11 is 0. The zero-order valence-corrected chi connectivity index (χ0v) is 12.2. The summed E-state index contributed by atoms with van der Waals surface area (Å²) in [5, 5.41) is 3.22. The molecule has 110 valence electrons. The minimum atomic E-state index is -3.14. The Labute approximate surface area is 115 Å². The van der Waals surface area contributed by atoms with Gasteiger partial charge in [0.15, 0.2) is 0 Å². The fraction of sp³-hybridized carbons (Fsp3) is 0.917. The van der Waals surface area contributed by atoms with E-state index in [9.17, 15) is 13.2 Å². The number of hydrogen-bond acceptors (Lipinski definition) is 4. The Kier molecular flexibility index (Phi) is 4.81. The molecule has 2 heterocycles. The van der Waals surface area contributed by atoms with Gasteiger partial charge < -0.3 is 10.2 Å². The number of rotatable bonds is 4. The van der Waals surface area contributed by atoms with Gasteiger partial charge in [-0.2, -0.15) is 0 Å². The third-order valence-electron chi connectivity index (χ3n) is 3.82. The van der Waals surface area contributed by atoms with Crippen LogP contribution in [0.1, 0.15) is 25.7 Å². The van der Waals surface area contributed by atoms with Crippen LogP contribution in [-0.4, -0.2) is 57.7 Å². The Morgan fingerprint density at radius 2 is 2.16 bits per heavy atom. The molecular weight excluding hydrogens is 266 g/mol. The number of sulfonamides is 1. The van der Waals surface area contributed by atoms with Crippen LogP contribution in [0.4, 0.5) is 0 Å². The molecule has 2 rings (SSSR count). The molecule has 19 heavy (non-hydrogen) atoms. The van der Waals surface area contributed by atoms with Crippen molar-refractivity contribution in [1.29, 1.82) is 0 Å². The van der Waals surface area contributed by atoms with Gasteiger partial charge in [0, 0.05) is 19.6 Å². The van der Waals surface area contributed by atoms with Gasteiger partial charge in [0.25, 0.3) is 0 Å². The highest BCUT2D eigenvalue weighted by molar-refractivity contribution is 7.88. The Balaban J connectivity index is 1.84. The Morgan fingerprint density at radius 1 is 1.37 bits per heavy atom. The lowest BCUT2D eigenvalue weighted by molar-refractivity contribution is -0.134. The number of carbonyl (C=O) groups is 1. The van der Waals surface area contributed by atoms with E-state index in [1.165, 1.54) is 6.26 Å². The van der Waals surface area contributed by atoms with Crippen molar-refractivity contribution in [2.24, 2.45) is 5.92 Å². The zero-order chi connectivity index (χ0) is 13.9. The summed E-state index contributed by atoms with van der Waals surface area (Å²) in [5.41, 5.74) is 0. The van der Waals surface area contributed by atoms with Crippen LogP contribution in [0.15, 0.2) is 0 Å². The summed E-state index contributed by atoms with van der Waals surface area (Å²) in [7, 11) is -3.14. The molecule has 2 saturated heterocycles. The van der Waals surface area contributed by atoms with Crippen molar-refractivity contribution < 1.29 is 13.2 Å². The maximum atomic E-state index is 12.3. The Hall–Kier alpha value is -0.660. The fourth-order valence-corrected chi connectivity index (χ4v) is 3.36. The minimum Gasteiger partial charge on any atom is -0.341 e. The molecule has 0 aromatic heterocycles. The molecule has 2 aliphatic heterocycles. The summed E-state index contributed by atoms with van der Waals surface area (Å²) in [5.74, 6) is 0.412. The van der Waals surface area contributed by atoms with E-state index >= 15 is 0 Å². The molecule has 0 saturated carbocycles. The van der Waals surface area contributed by atoms with Crippen molar-refractivity contribution in [2.75, 3.05) is 32.4 Å². The van der Waals surface area contributed by atoms with Crippen molar-refractivity contribution in [3.63, 3.8) is 0 Å². The lowest BCUT2D eigenvalue weighted by atomic mass is 9.97. The molecule has 0 bridgehead atoms. The second-order valence-electron chi connectivity index (χ2n) is 5.56. The maximum Gasteiger partial charge on any atom is 0.239 e. The first-order valence-electron chi connectivity index (χ1n) is 6.92. The topological polar surface area (TPSA) is 78.5 Å². The molecule has 0 aliphatic carbocycles. The first-order valence-corrected chi connectivity index (χ1v) is 8.81. The Bertz CT molecular complexity index is 418. The highest BCUT2D eigenvalue weighted by Crippen LogP contribution is 2.18. The average Bonchev–Trinajstić information content (AvgIpc) is 2.89. The van der Waals surface area contributed by atoms with E-state index in [1.54, 1.807) is 0 Å². The normalized spacial score (nSPS) is 28.6. The van der Waals surface area contributed by atoms with Gasteiger partial charge in [0.2, 0.25) is 15.9 Å². The standard InChI is InChI=1S/C12H23N3O3S/c1-19(17,18)14-8-10-4-3-7-15(9-10)12(16)11-5-2-6-13-11/h10-11,13-14H,2-9H2,1H3. The van der Waals surface area contributed by atoms with Gasteiger partial charge in [-0.25, -0.2) is 13.1 Å². The number of hydrogen-bond donors (Lipinski definition) is 2. The van der Waals surface area contributed by atoms with Gasteiger partial charge >= 0.3 is 0 Å². The number of nitrogens with zero attached hydrogens (tertiary/aromatic N) is 1. The summed E-state index contributed by atoms with van der Waals surface area (Å²) in [6.07, 6.45) is 5.07. The van der Waals surface area contributed by atoms with E-state index in [0.29, 0.717) is 13.1 Å². The number of likely N-dealkylation sites (tertiary alicyclic amines) is 1. The molecule has 2 unspecified atom stereocenters. The molecule has 2 N–H and O–H groups in total. The molecule has 2 aliphatic rings. The third kappa shape index (κ3) is 4.43. The van der Waals surface area contributed by atoms with Crippen LogP contribution >= 0.6 is 0 Å². The van der Waals surface area contributed by atoms with E-state index in [-0.39, 0.29) is 17.9 Å². The van der Waals surface area contributed by atoms with Crippen molar-refractivity contribution in [3.8, 4) is 0 Å². The van der Waals surface area contributed by atoms with Gasteiger partial charge in [0.1, 0.15) is 0 Å². The predicted molar refractivity (Wildman–Crippen MR) is 73.2 cm³/mol. The maximum absolute atomic E-state index is 12.3. The fourth-order valence-electron chi connectivity index (χ4n) is 2.82. The molecule has 0 spiro atoms. The van der Waals surface area contributed by atoms with Crippen molar-refractivity contribution >= 4 is 15.9 Å². The summed E-state index contributed by atoms with van der Waals surface area (Å²) < 4.78 is 24.7. The van der Waals surface area contributed by atoms with Crippen LogP contribution in [0.3, 0.4) is 0 Å². The smallest absolute Gasteiger partial charge is 0.239 e. The summed E-state index contributed by atoms with van der Waals surface area (Å²) in [4.78, 5) is 14.2. The molecular formula is C12H23N3O3S. The van der Waals surface area contributed by atoms with Gasteiger partial charge in [-0.05, 0) is 38.1 Å². The second-order valence-corrected chi connectivity index (χ2v) is 7.40. The molecule has 0 aromatic rings. The SMILES string of the molecule is CS(=O)(=O)NCC1CCCN(C(=O)C2CCCN2)C1. The number of piperidine rings is 1. The highest BCUT2D eigenvalue weighted by atomic mass is 32.2. The molecule has 7 heteroatoms. The molecule has 2 atom stereocenters. The van der Waals surface area contributed by atoms with Gasteiger partial charge in [-0.15, -0.1) is 0 Å². The number of carbonyl (C=O) groups excluding carboxylic acids is 1. The van der Waals surface area contributed by atoms with E-state index in [0.717, 1.165) is 38.8 Å². The van der Waals surface area contributed by atoms with E-state index in [4.69, 9.17) is 0 Å². The average molecular weight is 289 g/mol. The monoisotopic (exact) mass is 289 g/mol. The van der Waals surface area contributed by atoms with Gasteiger partial charge in [-0.3, -0.25) is 4.79 Å². The largest absolute Gasteiger partial charge is 0.341 e. The number of amides is 1. The lowest BCUT2D eigenvalue weighted by Crippen LogP contribution is -2.49. The van der Waals surface area contributed by atoms with E-state index in [2.05, 4.69) is 10.0 Å². The van der Waals surface area contributed by atoms with Crippen LogP contribution in [0.5, 0.6) is 0 Å². The van der Waals surface area contributed by atoms with Crippen molar-refractivity contribution in [1.82, 2.24) is 14.9 Å². The van der Waals surface area contributed by atoms with E-state index in [1.807, 2.05) is 4.90 Å². The first kappa shape index (κ1) is 14.7. The quantitative estimate of drug-likeness (QED) is 0.733. The Morgan fingerprint density at radius 3 is 2.79 bits per heavy atom. The minimum absolute atomic E-state index is 0.0263. The third-order valence-corrected chi connectivity index (χ3v) is 4.51. The molecule has 1 amide bonds. The summed E-state index contributed by atoms with van der Waals surface area (Å²) in [6, 6.07) is -0.0263. The van der Waals surface area contributed by atoms with E-state index < -0.39 is 10.0 Å². The highest BCUT2D eigenvalue weighted by Gasteiger charge is 2.30. The van der Waals surface area contributed by atoms with Crippen LogP contribution in [0.2, 0.25) is 0 Å². The van der Waals surface area contributed by atoms with Crippen LogP contribution in [0, 0.1) is 5.92 Å². The zero-order valence-electron chi connectivity index (χ0n) is 11.4.